The van der Waals surface area contributed by atoms with Crippen LogP contribution in [0.4, 0.5) is 0 Å². The minimum Gasteiger partial charge on any atom is -0.462 e. The molecule has 3 unspecified atom stereocenters. The first-order chi connectivity index (χ1) is 42.8. The molecule has 0 aliphatic heterocycles. The molecular weight excluding hydrogens is 1170 g/mol. The minimum atomic E-state index is -4.96. The molecule has 0 saturated heterocycles. The van der Waals surface area contributed by atoms with Crippen molar-refractivity contribution in [3.8, 4) is 0 Å². The van der Waals surface area contributed by atoms with Gasteiger partial charge in [-0.15, -0.1) is 0 Å². The maximum Gasteiger partial charge on any atom is 0.472 e. The van der Waals surface area contributed by atoms with Crippen molar-refractivity contribution in [1.82, 2.24) is 0 Å². The Kier molecular flexibility index (Phi) is 58.8. The van der Waals surface area contributed by atoms with Crippen LogP contribution in [0.3, 0.4) is 0 Å². The average Bonchev–Trinajstić information content (AvgIpc) is 3.54. The molecule has 17 nitrogen and oxygen atoms in total. The van der Waals surface area contributed by atoms with Gasteiger partial charge in [0.2, 0.25) is 0 Å². The Balaban J connectivity index is 5.27. The fraction of sp³-hybridized carbons (Fsp3) is 0.886. The van der Waals surface area contributed by atoms with E-state index in [2.05, 4.69) is 72.8 Å². The van der Waals surface area contributed by atoms with Crippen LogP contribution in [-0.2, 0) is 65.4 Å². The number of hydrogen-bond donors (Lipinski definition) is 3. The number of carbonyl (C=O) groups excluding carboxylic acids is 4. The molecule has 0 bridgehead atoms. The van der Waals surface area contributed by atoms with Crippen molar-refractivity contribution in [3.05, 3.63) is 24.3 Å². The third kappa shape index (κ3) is 62.7. The molecular formula is C70H132O17P2. The Morgan fingerprint density at radius 2 is 0.663 bits per heavy atom. The number of phosphoric ester groups is 2. The summed E-state index contributed by atoms with van der Waals surface area (Å²) in [6, 6.07) is 0. The summed E-state index contributed by atoms with van der Waals surface area (Å²) in [5.41, 5.74) is 0. The van der Waals surface area contributed by atoms with Crippen LogP contribution < -0.4 is 0 Å². The van der Waals surface area contributed by atoms with Crippen LogP contribution in [0.5, 0.6) is 0 Å². The normalized spacial score (nSPS) is 14.7. The van der Waals surface area contributed by atoms with Crippen molar-refractivity contribution < 1.29 is 80.2 Å². The van der Waals surface area contributed by atoms with Crippen LogP contribution in [0.1, 0.15) is 325 Å². The van der Waals surface area contributed by atoms with Gasteiger partial charge in [-0.05, 0) is 69.1 Å². The number of esters is 4. The second-order valence-corrected chi connectivity index (χ2v) is 28.7. The molecule has 3 N–H and O–H groups in total. The number of phosphoric acid groups is 2. The molecule has 0 aliphatic rings. The summed E-state index contributed by atoms with van der Waals surface area (Å²) in [7, 11) is -9.91. The number of ether oxygens (including phenoxy) is 4. The zero-order valence-corrected chi connectivity index (χ0v) is 59.2. The first kappa shape index (κ1) is 86.5. The average molecular weight is 1310 g/mol. The maximum absolute atomic E-state index is 13.0. The molecule has 0 aromatic carbocycles. The molecule has 0 rings (SSSR count). The highest BCUT2D eigenvalue weighted by Gasteiger charge is 2.30. The molecule has 0 aromatic heterocycles. The Morgan fingerprint density at radius 3 is 1.00 bits per heavy atom. The molecule has 524 valence electrons. The zero-order valence-electron chi connectivity index (χ0n) is 57.4. The molecule has 0 amide bonds. The molecule has 6 atom stereocenters. The molecule has 0 radical (unpaired) electrons. The third-order valence-corrected chi connectivity index (χ3v) is 17.8. The highest BCUT2D eigenvalue weighted by Crippen LogP contribution is 2.45. The molecule has 89 heavy (non-hydrogen) atoms. The third-order valence-electron chi connectivity index (χ3n) is 15.9. The summed E-state index contributed by atoms with van der Waals surface area (Å²) < 4.78 is 68.2. The lowest BCUT2D eigenvalue weighted by Gasteiger charge is -2.21. The summed E-state index contributed by atoms with van der Waals surface area (Å²) in [5.74, 6) is 0.0197. The summed E-state index contributed by atoms with van der Waals surface area (Å²) in [4.78, 5) is 72.5. The predicted octanol–water partition coefficient (Wildman–Crippen LogP) is 19.4. The zero-order chi connectivity index (χ0) is 65.9. The topological polar surface area (TPSA) is 237 Å². The molecule has 0 fully saturated rings. The van der Waals surface area contributed by atoms with Gasteiger partial charge in [-0.1, -0.05) is 272 Å². The molecule has 0 heterocycles. The van der Waals surface area contributed by atoms with Crippen molar-refractivity contribution in [1.29, 1.82) is 0 Å². The van der Waals surface area contributed by atoms with E-state index >= 15 is 0 Å². The van der Waals surface area contributed by atoms with E-state index in [-0.39, 0.29) is 25.7 Å². The van der Waals surface area contributed by atoms with Gasteiger partial charge in [0.15, 0.2) is 12.2 Å². The Morgan fingerprint density at radius 1 is 0.371 bits per heavy atom. The first-order valence-electron chi connectivity index (χ1n) is 35.7. The summed E-state index contributed by atoms with van der Waals surface area (Å²) in [6.07, 6.45) is 46.8. The van der Waals surface area contributed by atoms with Crippen molar-refractivity contribution in [2.75, 3.05) is 39.6 Å². The van der Waals surface area contributed by atoms with Crippen molar-refractivity contribution in [3.63, 3.8) is 0 Å². The van der Waals surface area contributed by atoms with Gasteiger partial charge in [-0.25, -0.2) is 9.13 Å². The number of hydrogen-bond acceptors (Lipinski definition) is 15. The fourth-order valence-corrected chi connectivity index (χ4v) is 11.5. The first-order valence-corrected chi connectivity index (χ1v) is 38.7. The number of aliphatic hydroxyl groups excluding tert-OH is 1. The maximum atomic E-state index is 13.0. The fourth-order valence-electron chi connectivity index (χ4n) is 9.97. The Labute approximate surface area is 542 Å². The monoisotopic (exact) mass is 1310 g/mol. The van der Waals surface area contributed by atoms with E-state index in [9.17, 15) is 43.2 Å². The van der Waals surface area contributed by atoms with E-state index < -0.39 is 97.5 Å². The van der Waals surface area contributed by atoms with E-state index in [0.29, 0.717) is 31.6 Å². The number of aliphatic hydroxyl groups is 1. The van der Waals surface area contributed by atoms with Crippen LogP contribution in [0.15, 0.2) is 24.3 Å². The van der Waals surface area contributed by atoms with Crippen LogP contribution in [0.25, 0.3) is 0 Å². The number of unbranched alkanes of at least 4 members (excludes halogenated alkanes) is 30. The lowest BCUT2D eigenvalue weighted by molar-refractivity contribution is -0.161. The van der Waals surface area contributed by atoms with Gasteiger partial charge in [-0.2, -0.15) is 0 Å². The van der Waals surface area contributed by atoms with Crippen LogP contribution in [0, 0.1) is 17.8 Å². The van der Waals surface area contributed by atoms with Crippen molar-refractivity contribution in [2.45, 2.75) is 343 Å². The number of rotatable bonds is 66. The Bertz CT molecular complexity index is 1840. The van der Waals surface area contributed by atoms with Crippen LogP contribution in [0.2, 0.25) is 0 Å². The standard InChI is InChI=1S/C70H132O17P2/c1-8-10-11-12-13-14-15-16-17-18-22-25-28-39-46-53-69(74)86-65(57-80-67(72)51-44-37-32-30-35-42-49-62(5)6)59-84-88(76,77)82-55-64(71)56-83-89(78,79)85-60-66(58-81-68(73)52-45-38-33-31-36-43-50-63(7)9-2)87-70(75)54-47-40-29-26-23-20-19-21-24-27-34-41-48-61(3)4/h14-17,61-66,71H,8-13,18-60H2,1-7H3,(H,76,77)(H,78,79)/b15-14-,17-16-/t63?,64-,65+,66+/m0/s1. The predicted molar refractivity (Wildman–Crippen MR) is 358 cm³/mol. The quantitative estimate of drug-likeness (QED) is 0.0169. The molecule has 0 spiro atoms. The second kappa shape index (κ2) is 60.5. The van der Waals surface area contributed by atoms with Gasteiger partial charge >= 0.3 is 39.5 Å². The second-order valence-electron chi connectivity index (χ2n) is 25.8. The van der Waals surface area contributed by atoms with Crippen molar-refractivity contribution in [2.24, 2.45) is 17.8 Å². The van der Waals surface area contributed by atoms with Crippen molar-refractivity contribution >= 4 is 39.5 Å². The molecule has 19 heteroatoms. The summed E-state index contributed by atoms with van der Waals surface area (Å²) >= 11 is 0. The largest absolute Gasteiger partial charge is 0.472 e. The van der Waals surface area contributed by atoms with Gasteiger partial charge in [0.05, 0.1) is 26.4 Å². The SMILES string of the molecule is CCCCCC/C=C\C=C/CCCCCCCC(=O)O[C@H](COC(=O)CCCCCCCCC(C)C)COP(=O)(O)OC[C@H](O)COP(=O)(O)OC[C@@H](COC(=O)CCCCCCCCC(C)CC)OC(=O)CCCCCCCCCCCCCCC(C)C. The van der Waals surface area contributed by atoms with Gasteiger partial charge in [0, 0.05) is 25.7 Å². The lowest BCUT2D eigenvalue weighted by atomic mass is 10.00. The van der Waals surface area contributed by atoms with Gasteiger partial charge in [0.1, 0.15) is 19.3 Å². The lowest BCUT2D eigenvalue weighted by Crippen LogP contribution is -2.30. The molecule has 0 aromatic rings. The van der Waals surface area contributed by atoms with Gasteiger partial charge < -0.3 is 33.8 Å². The summed E-state index contributed by atoms with van der Waals surface area (Å²) in [6.45, 7) is 11.7. The molecule has 0 saturated carbocycles. The minimum absolute atomic E-state index is 0.0834. The molecule has 0 aliphatic carbocycles. The smallest absolute Gasteiger partial charge is 0.462 e. The number of allylic oxidation sites excluding steroid dienone is 4. The number of carbonyl (C=O) groups is 4. The van der Waals surface area contributed by atoms with Gasteiger partial charge in [-0.3, -0.25) is 37.3 Å². The van der Waals surface area contributed by atoms with E-state index in [1.807, 2.05) is 0 Å². The van der Waals surface area contributed by atoms with Gasteiger partial charge in [0.25, 0.3) is 0 Å². The van der Waals surface area contributed by atoms with Crippen LogP contribution >= 0.6 is 15.6 Å². The summed E-state index contributed by atoms with van der Waals surface area (Å²) in [5, 5.41) is 10.6. The van der Waals surface area contributed by atoms with E-state index in [1.54, 1.807) is 0 Å². The highest BCUT2D eigenvalue weighted by atomic mass is 31.2. The van der Waals surface area contributed by atoms with E-state index in [1.165, 1.54) is 109 Å². The van der Waals surface area contributed by atoms with Crippen LogP contribution in [-0.4, -0.2) is 96.7 Å². The highest BCUT2D eigenvalue weighted by molar-refractivity contribution is 7.47. The van der Waals surface area contributed by atoms with E-state index in [4.69, 9.17) is 37.0 Å². The van der Waals surface area contributed by atoms with E-state index in [0.717, 1.165) is 127 Å². The Hall–Kier alpha value is -2.46.